The number of hydrogen-bond donors (Lipinski definition) is 0. The van der Waals surface area contributed by atoms with Crippen LogP contribution >= 0.6 is 0 Å². The van der Waals surface area contributed by atoms with E-state index in [1.807, 2.05) is 0 Å². The Morgan fingerprint density at radius 1 is 1.14 bits per heavy atom. The summed E-state index contributed by atoms with van der Waals surface area (Å²) in [6.07, 6.45) is 8.34. The summed E-state index contributed by atoms with van der Waals surface area (Å²) in [6, 6.07) is 0. The van der Waals surface area contributed by atoms with Crippen molar-refractivity contribution in [3.8, 4) is 0 Å². The van der Waals surface area contributed by atoms with Gasteiger partial charge in [-0.3, -0.25) is 0 Å². The van der Waals surface area contributed by atoms with Crippen molar-refractivity contribution in [1.29, 1.82) is 0 Å². The predicted octanol–water partition coefficient (Wildman–Crippen LogP) is 3.46. The fourth-order valence-corrected chi connectivity index (χ4v) is 4.19. The van der Waals surface area contributed by atoms with Gasteiger partial charge in [-0.05, 0) is 60.2 Å². The second-order valence-corrected chi connectivity index (χ2v) is 6.28. The molecule has 0 saturated heterocycles. The second kappa shape index (κ2) is 2.39. The Hall–Kier alpha value is 0. The average molecular weight is 187 g/mol. The summed E-state index contributed by atoms with van der Waals surface area (Å²) in [4.78, 5) is 0. The van der Waals surface area contributed by atoms with Crippen molar-refractivity contribution in [1.82, 2.24) is 0 Å². The molecule has 4 aliphatic carbocycles. The molecule has 4 saturated carbocycles. The molecule has 0 nitrogen and oxygen atoms in total. The molecule has 0 aromatic carbocycles. The molecule has 4 rings (SSSR count). The molecule has 75 valence electrons. The Bertz CT molecular complexity index is 257. The van der Waals surface area contributed by atoms with Gasteiger partial charge in [0.1, 0.15) is 0 Å². The minimum atomic E-state index is 0.400. The van der Waals surface area contributed by atoms with Crippen molar-refractivity contribution in [3.05, 3.63) is 31.1 Å². The fourth-order valence-electron chi connectivity index (χ4n) is 4.19. The van der Waals surface area contributed by atoms with Crippen molar-refractivity contribution >= 4 is 0 Å². The Kier molecular flexibility index (Phi) is 1.58. The first kappa shape index (κ1) is 9.24. The van der Waals surface area contributed by atoms with Crippen LogP contribution in [0.3, 0.4) is 0 Å². The first-order valence-corrected chi connectivity index (χ1v) is 5.72. The Balaban J connectivity index is 2.00. The summed E-state index contributed by atoms with van der Waals surface area (Å²) < 4.78 is 0. The van der Waals surface area contributed by atoms with Crippen LogP contribution in [0.25, 0.3) is 0 Å². The van der Waals surface area contributed by atoms with E-state index in [-0.39, 0.29) is 0 Å². The van der Waals surface area contributed by atoms with Gasteiger partial charge in [0, 0.05) is 0 Å². The molecule has 4 aliphatic rings. The smallest absolute Gasteiger partial charge is 0.00711 e. The lowest BCUT2D eigenvalue weighted by Crippen LogP contribution is -2.61. The zero-order chi connectivity index (χ0) is 10.1. The van der Waals surface area contributed by atoms with Crippen LogP contribution in [0.1, 0.15) is 34.1 Å². The zero-order valence-corrected chi connectivity index (χ0v) is 9.59. The highest BCUT2D eigenvalue weighted by molar-refractivity contribution is 5.53. The van der Waals surface area contributed by atoms with E-state index in [1.165, 1.54) is 6.42 Å². The summed E-state index contributed by atoms with van der Waals surface area (Å²) in [5.41, 5.74) is 0.932. The van der Waals surface area contributed by atoms with E-state index in [9.17, 15) is 0 Å². The number of hydrogen-bond acceptors (Lipinski definition) is 0. The SMILES string of the molecule is CC1(C)[C]2[CH][CH][CH][C]2C2CC1C2(C)C. The standard InChI is InChI=1S/C14H19/c1-13(2)10-7-5-6-9(10)11-8-12(13)14(11,3)4/h5-7,11-12H,8H2,1-4H3. The third-order valence-corrected chi connectivity index (χ3v) is 5.06. The predicted molar refractivity (Wildman–Crippen MR) is 58.5 cm³/mol. The Labute approximate surface area is 88.5 Å². The van der Waals surface area contributed by atoms with Crippen LogP contribution in [0.4, 0.5) is 0 Å². The molecule has 2 bridgehead atoms. The Morgan fingerprint density at radius 3 is 2.50 bits per heavy atom. The number of rotatable bonds is 0. The second-order valence-electron chi connectivity index (χ2n) is 6.28. The summed E-state index contributed by atoms with van der Waals surface area (Å²) in [5.74, 6) is 4.99. The van der Waals surface area contributed by atoms with Crippen molar-refractivity contribution in [3.63, 3.8) is 0 Å². The first-order chi connectivity index (χ1) is 6.45. The molecular formula is C14H19. The van der Waals surface area contributed by atoms with Crippen LogP contribution in [0.2, 0.25) is 0 Å². The van der Waals surface area contributed by atoms with Crippen molar-refractivity contribution in [2.24, 2.45) is 22.7 Å². The van der Waals surface area contributed by atoms with Crippen molar-refractivity contribution in [2.45, 2.75) is 34.1 Å². The van der Waals surface area contributed by atoms with Gasteiger partial charge in [-0.25, -0.2) is 0 Å². The molecule has 0 N–H and O–H groups in total. The van der Waals surface area contributed by atoms with E-state index in [0.29, 0.717) is 10.8 Å². The molecule has 14 heavy (non-hydrogen) atoms. The highest BCUT2D eigenvalue weighted by atomic mass is 14.7. The van der Waals surface area contributed by atoms with Gasteiger partial charge in [-0.2, -0.15) is 0 Å². The van der Waals surface area contributed by atoms with E-state index >= 15 is 0 Å². The third-order valence-electron chi connectivity index (χ3n) is 5.06. The maximum Gasteiger partial charge on any atom is -0.00711 e. The molecule has 0 amide bonds. The van der Waals surface area contributed by atoms with Gasteiger partial charge in [0.15, 0.2) is 0 Å². The summed E-state index contributed by atoms with van der Waals surface area (Å²) in [7, 11) is 0. The van der Waals surface area contributed by atoms with Gasteiger partial charge < -0.3 is 0 Å². The molecule has 4 fully saturated rings. The van der Waals surface area contributed by atoms with E-state index < -0.39 is 0 Å². The lowest BCUT2D eigenvalue weighted by atomic mass is 9.36. The van der Waals surface area contributed by atoms with Gasteiger partial charge in [-0.1, -0.05) is 27.7 Å². The van der Waals surface area contributed by atoms with E-state index in [2.05, 4.69) is 47.0 Å². The van der Waals surface area contributed by atoms with Crippen molar-refractivity contribution < 1.29 is 0 Å². The fraction of sp³-hybridized carbons (Fsp3) is 0.643. The maximum atomic E-state index is 2.45. The van der Waals surface area contributed by atoms with Crippen LogP contribution in [0.5, 0.6) is 0 Å². The maximum absolute atomic E-state index is 2.45. The van der Waals surface area contributed by atoms with Crippen molar-refractivity contribution in [2.75, 3.05) is 0 Å². The third kappa shape index (κ3) is 0.823. The van der Waals surface area contributed by atoms with E-state index in [1.54, 1.807) is 11.8 Å². The first-order valence-electron chi connectivity index (χ1n) is 5.72. The molecule has 2 atom stereocenters. The van der Waals surface area contributed by atoms with Crippen LogP contribution in [0.15, 0.2) is 0 Å². The molecule has 2 unspecified atom stereocenters. The monoisotopic (exact) mass is 187 g/mol. The van der Waals surface area contributed by atoms with Gasteiger partial charge in [-0.15, -0.1) is 0 Å². The molecular weight excluding hydrogens is 168 g/mol. The zero-order valence-electron chi connectivity index (χ0n) is 9.59. The van der Waals surface area contributed by atoms with E-state index in [4.69, 9.17) is 0 Å². The van der Waals surface area contributed by atoms with Gasteiger partial charge in [0.05, 0.1) is 0 Å². The van der Waals surface area contributed by atoms with Crippen LogP contribution < -0.4 is 0 Å². The lowest BCUT2D eigenvalue weighted by Gasteiger charge is -2.68. The minimum Gasteiger partial charge on any atom is -0.0593 e. The minimum absolute atomic E-state index is 0.400. The largest absolute Gasteiger partial charge is 0.0593 e. The topological polar surface area (TPSA) is 0 Å². The van der Waals surface area contributed by atoms with Crippen LogP contribution in [0, 0.1) is 53.8 Å². The van der Waals surface area contributed by atoms with Crippen LogP contribution in [-0.4, -0.2) is 0 Å². The molecule has 5 radical (unpaired) electrons. The van der Waals surface area contributed by atoms with Gasteiger partial charge in [0.2, 0.25) is 0 Å². The summed E-state index contributed by atoms with van der Waals surface area (Å²) >= 11 is 0. The molecule has 0 spiro atoms. The Morgan fingerprint density at radius 2 is 1.86 bits per heavy atom. The molecule has 0 aliphatic heterocycles. The molecule has 0 heterocycles. The van der Waals surface area contributed by atoms with E-state index in [0.717, 1.165) is 11.8 Å². The molecule has 0 aromatic rings. The quantitative estimate of drug-likeness (QED) is 0.545. The highest BCUT2D eigenvalue weighted by Crippen LogP contribution is 2.73. The molecule has 0 heteroatoms. The molecule has 0 aromatic heterocycles. The normalized spacial score (nSPS) is 44.6. The highest BCUT2D eigenvalue weighted by Gasteiger charge is 2.66. The van der Waals surface area contributed by atoms with Crippen LogP contribution in [-0.2, 0) is 0 Å². The van der Waals surface area contributed by atoms with Gasteiger partial charge in [0.25, 0.3) is 0 Å². The lowest BCUT2D eigenvalue weighted by molar-refractivity contribution is -0.104. The summed E-state index contributed by atoms with van der Waals surface area (Å²) in [5, 5.41) is 0. The average Bonchev–Trinajstić information content (AvgIpc) is 2.50. The summed E-state index contributed by atoms with van der Waals surface area (Å²) in [6.45, 7) is 9.74. The van der Waals surface area contributed by atoms with Gasteiger partial charge >= 0.3 is 0 Å².